The van der Waals surface area contributed by atoms with E-state index >= 15 is 0 Å². The summed E-state index contributed by atoms with van der Waals surface area (Å²) in [6, 6.07) is 0. The fourth-order valence-corrected chi connectivity index (χ4v) is 2.03. The second-order valence-corrected chi connectivity index (χ2v) is 4.19. The molecule has 0 bridgehead atoms. The van der Waals surface area contributed by atoms with Crippen molar-refractivity contribution < 1.29 is 19.7 Å². The summed E-state index contributed by atoms with van der Waals surface area (Å²) in [5.74, 6) is -0.231. The van der Waals surface area contributed by atoms with Crippen LogP contribution in [0.3, 0.4) is 0 Å². The van der Waals surface area contributed by atoms with E-state index in [0.717, 1.165) is 19.4 Å². The van der Waals surface area contributed by atoms with Crippen LogP contribution in [0, 0.1) is 5.92 Å². The third-order valence-corrected chi connectivity index (χ3v) is 2.81. The molecule has 0 spiro atoms. The van der Waals surface area contributed by atoms with E-state index in [4.69, 9.17) is 9.84 Å². The molecule has 2 atom stereocenters. The molecule has 1 rings (SSSR count). The Kier molecular flexibility index (Phi) is 5.73. The molecule has 2 N–H and O–H groups in total. The maximum absolute atomic E-state index is 11.5. The van der Waals surface area contributed by atoms with Crippen molar-refractivity contribution in [2.45, 2.75) is 25.9 Å². The van der Waals surface area contributed by atoms with Crippen molar-refractivity contribution in [3.8, 4) is 0 Å². The summed E-state index contributed by atoms with van der Waals surface area (Å²) in [6.07, 6.45) is 1.06. The van der Waals surface area contributed by atoms with Gasteiger partial charge in [0.2, 0.25) is 0 Å². The Hall–Kier alpha value is -0.650. The third kappa shape index (κ3) is 4.08. The molecule has 16 heavy (non-hydrogen) atoms. The van der Waals surface area contributed by atoms with Gasteiger partial charge in [-0.25, -0.2) is 0 Å². The van der Waals surface area contributed by atoms with E-state index in [1.807, 2.05) is 4.90 Å². The number of ether oxygens (including phenoxy) is 1. The molecular weight excluding hydrogens is 210 g/mol. The Balaban J connectivity index is 2.37. The largest absolute Gasteiger partial charge is 0.466 e. The van der Waals surface area contributed by atoms with Crippen molar-refractivity contribution in [1.82, 2.24) is 4.90 Å². The van der Waals surface area contributed by atoms with Gasteiger partial charge in [0.1, 0.15) is 0 Å². The van der Waals surface area contributed by atoms with Crippen molar-refractivity contribution in [1.29, 1.82) is 0 Å². The first kappa shape index (κ1) is 13.4. The lowest BCUT2D eigenvalue weighted by molar-refractivity contribution is -0.150. The Bertz CT molecular complexity index is 222. The van der Waals surface area contributed by atoms with Crippen LogP contribution in [-0.4, -0.2) is 60.0 Å². The number of β-amino-alcohol motifs (C(OH)–C–C–N with tert-alkyl or cyclic N) is 1. The SMILES string of the molecule is CCOC(=O)[C@@H]1CCCN(CC(O)CO)C1. The Morgan fingerprint density at radius 1 is 1.62 bits per heavy atom. The predicted octanol–water partition coefficient (Wildman–Crippen LogP) is -0.385. The van der Waals surface area contributed by atoms with Gasteiger partial charge in [-0.15, -0.1) is 0 Å². The molecule has 94 valence electrons. The van der Waals surface area contributed by atoms with Gasteiger partial charge in [-0.1, -0.05) is 0 Å². The van der Waals surface area contributed by atoms with E-state index < -0.39 is 6.10 Å². The van der Waals surface area contributed by atoms with Crippen molar-refractivity contribution >= 4 is 5.97 Å². The number of carbonyl (C=O) groups excluding carboxylic acids is 1. The zero-order valence-electron chi connectivity index (χ0n) is 9.76. The predicted molar refractivity (Wildman–Crippen MR) is 58.9 cm³/mol. The molecule has 1 heterocycles. The molecule has 1 aliphatic heterocycles. The number of aliphatic hydroxyl groups excluding tert-OH is 2. The van der Waals surface area contributed by atoms with Gasteiger partial charge >= 0.3 is 5.97 Å². The maximum Gasteiger partial charge on any atom is 0.310 e. The number of esters is 1. The highest BCUT2D eigenvalue weighted by Crippen LogP contribution is 2.17. The quantitative estimate of drug-likeness (QED) is 0.631. The number of likely N-dealkylation sites (tertiary alicyclic amines) is 1. The Morgan fingerprint density at radius 2 is 2.38 bits per heavy atom. The molecule has 5 nitrogen and oxygen atoms in total. The van der Waals surface area contributed by atoms with Crippen LogP contribution >= 0.6 is 0 Å². The van der Waals surface area contributed by atoms with Crippen LogP contribution in [0.25, 0.3) is 0 Å². The van der Waals surface area contributed by atoms with E-state index in [9.17, 15) is 9.90 Å². The van der Waals surface area contributed by atoms with Crippen LogP contribution in [0.1, 0.15) is 19.8 Å². The lowest BCUT2D eigenvalue weighted by atomic mass is 9.98. The van der Waals surface area contributed by atoms with Crippen LogP contribution in [0.5, 0.6) is 0 Å². The highest BCUT2D eigenvalue weighted by atomic mass is 16.5. The first-order valence-corrected chi connectivity index (χ1v) is 5.85. The normalized spacial score (nSPS) is 24.1. The first-order valence-electron chi connectivity index (χ1n) is 5.85. The average Bonchev–Trinajstić information content (AvgIpc) is 2.29. The molecule has 1 unspecified atom stereocenters. The van der Waals surface area contributed by atoms with Crippen LogP contribution in [-0.2, 0) is 9.53 Å². The number of aliphatic hydroxyl groups is 2. The summed E-state index contributed by atoms with van der Waals surface area (Å²) < 4.78 is 4.98. The van der Waals surface area contributed by atoms with Crippen LogP contribution < -0.4 is 0 Å². The number of piperidine rings is 1. The lowest BCUT2D eigenvalue weighted by Gasteiger charge is -2.32. The monoisotopic (exact) mass is 231 g/mol. The van der Waals surface area contributed by atoms with Crippen LogP contribution in [0.4, 0.5) is 0 Å². The van der Waals surface area contributed by atoms with Crippen LogP contribution in [0.15, 0.2) is 0 Å². The molecule has 1 fully saturated rings. The zero-order valence-corrected chi connectivity index (χ0v) is 9.76. The molecule has 0 radical (unpaired) electrons. The minimum Gasteiger partial charge on any atom is -0.466 e. The van der Waals surface area contributed by atoms with E-state index in [1.165, 1.54) is 0 Å². The van der Waals surface area contributed by atoms with Gasteiger partial charge in [0.25, 0.3) is 0 Å². The van der Waals surface area contributed by atoms with Crippen molar-refractivity contribution in [2.24, 2.45) is 5.92 Å². The molecule has 0 aliphatic carbocycles. The average molecular weight is 231 g/mol. The molecule has 0 aromatic carbocycles. The molecule has 0 aromatic rings. The first-order chi connectivity index (χ1) is 7.67. The lowest BCUT2D eigenvalue weighted by Crippen LogP contribution is -2.43. The molecule has 1 saturated heterocycles. The fraction of sp³-hybridized carbons (Fsp3) is 0.909. The summed E-state index contributed by atoms with van der Waals surface area (Å²) in [5.41, 5.74) is 0. The Labute approximate surface area is 96.0 Å². The van der Waals surface area contributed by atoms with E-state index in [2.05, 4.69) is 0 Å². The molecule has 5 heteroatoms. The highest BCUT2D eigenvalue weighted by molar-refractivity contribution is 5.72. The van der Waals surface area contributed by atoms with Gasteiger partial charge in [0, 0.05) is 13.1 Å². The summed E-state index contributed by atoms with van der Waals surface area (Å²) in [7, 11) is 0. The maximum atomic E-state index is 11.5. The molecule has 0 aromatic heterocycles. The van der Waals surface area contributed by atoms with Crippen LogP contribution in [0.2, 0.25) is 0 Å². The van der Waals surface area contributed by atoms with Gasteiger partial charge in [-0.2, -0.15) is 0 Å². The molecule has 0 saturated carbocycles. The zero-order chi connectivity index (χ0) is 12.0. The van der Waals surface area contributed by atoms with Gasteiger partial charge in [-0.05, 0) is 26.3 Å². The van der Waals surface area contributed by atoms with E-state index in [-0.39, 0.29) is 18.5 Å². The topological polar surface area (TPSA) is 70.0 Å². The number of hydrogen-bond donors (Lipinski definition) is 2. The Morgan fingerprint density at radius 3 is 3.00 bits per heavy atom. The van der Waals surface area contributed by atoms with E-state index in [1.54, 1.807) is 6.92 Å². The minimum atomic E-state index is -0.721. The van der Waals surface area contributed by atoms with Gasteiger partial charge < -0.3 is 14.9 Å². The highest BCUT2D eigenvalue weighted by Gasteiger charge is 2.27. The minimum absolute atomic E-state index is 0.0837. The number of carbonyl (C=O) groups is 1. The summed E-state index contributed by atoms with van der Waals surface area (Å²) in [6.45, 7) is 3.89. The molecule has 0 amide bonds. The second-order valence-electron chi connectivity index (χ2n) is 4.19. The third-order valence-electron chi connectivity index (χ3n) is 2.81. The van der Waals surface area contributed by atoms with Crippen molar-refractivity contribution in [2.75, 3.05) is 32.8 Å². The van der Waals surface area contributed by atoms with Gasteiger partial charge in [-0.3, -0.25) is 9.69 Å². The fourth-order valence-electron chi connectivity index (χ4n) is 2.03. The van der Waals surface area contributed by atoms with Gasteiger partial charge in [0.05, 0.1) is 25.2 Å². The molecule has 1 aliphatic rings. The van der Waals surface area contributed by atoms with Crippen molar-refractivity contribution in [3.05, 3.63) is 0 Å². The molecular formula is C11H21NO4. The summed E-state index contributed by atoms with van der Waals surface area (Å²) in [5, 5.41) is 18.1. The number of hydrogen-bond acceptors (Lipinski definition) is 5. The smallest absolute Gasteiger partial charge is 0.310 e. The van der Waals surface area contributed by atoms with Crippen molar-refractivity contribution in [3.63, 3.8) is 0 Å². The number of rotatable bonds is 5. The summed E-state index contributed by atoms with van der Waals surface area (Å²) in [4.78, 5) is 13.5. The van der Waals surface area contributed by atoms with Gasteiger partial charge in [0.15, 0.2) is 0 Å². The second kappa shape index (κ2) is 6.83. The summed E-state index contributed by atoms with van der Waals surface area (Å²) >= 11 is 0. The van der Waals surface area contributed by atoms with E-state index in [0.29, 0.717) is 19.7 Å². The standard InChI is InChI=1S/C11H21NO4/c1-2-16-11(15)9-4-3-5-12(6-9)7-10(14)8-13/h9-10,13-14H,2-8H2,1H3/t9-,10?/m1/s1. The number of nitrogens with zero attached hydrogens (tertiary/aromatic N) is 1.